The number of hydrogen-bond acceptors (Lipinski definition) is 2. The average Bonchev–Trinajstić information content (AvgIpc) is 2.18. The Morgan fingerprint density at radius 1 is 1.00 bits per heavy atom. The van der Waals surface area contributed by atoms with E-state index in [-0.39, 0.29) is 6.04 Å². The number of ether oxygens (including phenoxy) is 1. The largest absolute Gasteiger partial charge is 0.380 e. The van der Waals surface area contributed by atoms with Crippen molar-refractivity contribution < 1.29 is 4.74 Å². The van der Waals surface area contributed by atoms with Gasteiger partial charge in [-0.25, -0.2) is 0 Å². The van der Waals surface area contributed by atoms with Gasteiger partial charge in [0.05, 0.1) is 6.61 Å². The Labute approximate surface area is 89.2 Å². The maximum Gasteiger partial charge on any atom is 0.0620 e. The zero-order valence-corrected chi connectivity index (χ0v) is 10.1. The highest BCUT2D eigenvalue weighted by Crippen LogP contribution is 2.16. The highest BCUT2D eigenvalue weighted by atomic mass is 16.5. The first-order valence-electron chi connectivity index (χ1n) is 6.09. The molecule has 0 aromatic rings. The average molecular weight is 201 g/mol. The molecule has 0 fully saturated rings. The lowest BCUT2D eigenvalue weighted by Gasteiger charge is -2.22. The molecule has 0 aromatic heterocycles. The third kappa shape index (κ3) is 6.39. The smallest absolute Gasteiger partial charge is 0.0620 e. The Hall–Kier alpha value is -0.0800. The van der Waals surface area contributed by atoms with Gasteiger partial charge in [0, 0.05) is 12.6 Å². The number of hydrogen-bond donors (Lipinski definition) is 1. The fourth-order valence-corrected chi connectivity index (χ4v) is 1.81. The van der Waals surface area contributed by atoms with Gasteiger partial charge in [-0.2, -0.15) is 0 Å². The van der Waals surface area contributed by atoms with Gasteiger partial charge in [0.1, 0.15) is 0 Å². The molecule has 0 aliphatic carbocycles. The molecule has 0 saturated carbocycles. The first-order valence-corrected chi connectivity index (χ1v) is 6.09. The van der Waals surface area contributed by atoms with Crippen LogP contribution in [0.1, 0.15) is 52.9 Å². The van der Waals surface area contributed by atoms with Gasteiger partial charge in [0.25, 0.3) is 0 Å². The van der Waals surface area contributed by atoms with Crippen LogP contribution in [0.15, 0.2) is 0 Å². The molecule has 1 unspecified atom stereocenters. The van der Waals surface area contributed by atoms with E-state index in [1.54, 1.807) is 0 Å². The molecular formula is C12H27NO. The Morgan fingerprint density at radius 2 is 1.57 bits per heavy atom. The fourth-order valence-electron chi connectivity index (χ4n) is 1.81. The van der Waals surface area contributed by atoms with E-state index < -0.39 is 0 Å². The van der Waals surface area contributed by atoms with Crippen LogP contribution < -0.4 is 5.73 Å². The fraction of sp³-hybridized carbons (Fsp3) is 1.00. The summed E-state index contributed by atoms with van der Waals surface area (Å²) in [7, 11) is 0. The van der Waals surface area contributed by atoms with Gasteiger partial charge >= 0.3 is 0 Å². The van der Waals surface area contributed by atoms with E-state index in [1.165, 1.54) is 25.7 Å². The predicted octanol–water partition coefficient (Wildman–Crippen LogP) is 2.96. The summed E-state index contributed by atoms with van der Waals surface area (Å²) >= 11 is 0. The van der Waals surface area contributed by atoms with Crippen LogP contribution in [0.3, 0.4) is 0 Å². The summed E-state index contributed by atoms with van der Waals surface area (Å²) in [6.45, 7) is 8.16. The Morgan fingerprint density at radius 3 is 2.00 bits per heavy atom. The molecule has 0 aromatic carbocycles. The lowest BCUT2D eigenvalue weighted by atomic mass is 9.91. The second kappa shape index (κ2) is 9.47. The van der Waals surface area contributed by atoms with E-state index in [0.29, 0.717) is 5.92 Å². The number of nitrogens with two attached hydrogens (primary N) is 1. The first kappa shape index (κ1) is 13.9. The molecule has 0 aliphatic heterocycles. The van der Waals surface area contributed by atoms with Gasteiger partial charge in [-0.15, -0.1) is 0 Å². The van der Waals surface area contributed by atoms with Gasteiger partial charge < -0.3 is 10.5 Å². The lowest BCUT2D eigenvalue weighted by Crippen LogP contribution is -2.34. The van der Waals surface area contributed by atoms with Gasteiger partial charge in [-0.05, 0) is 25.2 Å². The van der Waals surface area contributed by atoms with Crippen molar-refractivity contribution in [2.75, 3.05) is 13.2 Å². The van der Waals surface area contributed by atoms with Crippen LogP contribution >= 0.6 is 0 Å². The van der Waals surface area contributed by atoms with Gasteiger partial charge in [-0.3, -0.25) is 0 Å². The molecule has 14 heavy (non-hydrogen) atoms. The molecule has 2 N–H and O–H groups in total. The summed E-state index contributed by atoms with van der Waals surface area (Å²) in [5.74, 6) is 0.654. The molecule has 0 amide bonds. The molecule has 0 rings (SSSR count). The lowest BCUT2D eigenvalue weighted by molar-refractivity contribution is 0.102. The minimum absolute atomic E-state index is 0.237. The van der Waals surface area contributed by atoms with Crippen molar-refractivity contribution in [2.24, 2.45) is 11.7 Å². The number of rotatable bonds is 9. The SMILES string of the molecule is CCCOCC(N)C(CCC)CCC. The maximum atomic E-state index is 6.11. The third-order valence-electron chi connectivity index (χ3n) is 2.58. The van der Waals surface area contributed by atoms with Gasteiger partial charge in [0.15, 0.2) is 0 Å². The standard InChI is InChI=1S/C12H27NO/c1-4-7-11(8-5-2)12(13)10-14-9-6-3/h11-12H,4-10,13H2,1-3H3. The highest BCUT2D eigenvalue weighted by molar-refractivity contribution is 4.72. The molecule has 1 atom stereocenters. The normalized spacial score (nSPS) is 13.5. The second-order valence-electron chi connectivity index (χ2n) is 4.08. The predicted molar refractivity (Wildman–Crippen MR) is 62.4 cm³/mol. The molecule has 0 radical (unpaired) electrons. The van der Waals surface area contributed by atoms with E-state index >= 15 is 0 Å². The molecule has 0 saturated heterocycles. The van der Waals surface area contributed by atoms with Gasteiger partial charge in [0.2, 0.25) is 0 Å². The molecule has 0 heterocycles. The van der Waals surface area contributed by atoms with Crippen molar-refractivity contribution in [1.82, 2.24) is 0 Å². The summed E-state index contributed by atoms with van der Waals surface area (Å²) in [6, 6.07) is 0.237. The summed E-state index contributed by atoms with van der Waals surface area (Å²) in [5.41, 5.74) is 6.11. The van der Waals surface area contributed by atoms with Crippen molar-refractivity contribution in [3.05, 3.63) is 0 Å². The zero-order chi connectivity index (χ0) is 10.8. The first-order chi connectivity index (χ1) is 6.76. The highest BCUT2D eigenvalue weighted by Gasteiger charge is 2.15. The quantitative estimate of drug-likeness (QED) is 0.582. The van der Waals surface area contributed by atoms with Crippen molar-refractivity contribution >= 4 is 0 Å². The Kier molecular flexibility index (Phi) is 9.42. The van der Waals surface area contributed by atoms with E-state index in [9.17, 15) is 0 Å². The van der Waals surface area contributed by atoms with E-state index in [2.05, 4.69) is 20.8 Å². The Bertz CT molecular complexity index is 111. The van der Waals surface area contributed by atoms with E-state index in [0.717, 1.165) is 19.6 Å². The van der Waals surface area contributed by atoms with Crippen LogP contribution in [0, 0.1) is 5.92 Å². The van der Waals surface area contributed by atoms with Crippen LogP contribution in [0.4, 0.5) is 0 Å². The van der Waals surface area contributed by atoms with Crippen molar-refractivity contribution in [3.8, 4) is 0 Å². The van der Waals surface area contributed by atoms with Crippen LogP contribution in [0.2, 0.25) is 0 Å². The molecular weight excluding hydrogens is 174 g/mol. The van der Waals surface area contributed by atoms with Crippen LogP contribution in [0.5, 0.6) is 0 Å². The van der Waals surface area contributed by atoms with Crippen molar-refractivity contribution in [1.29, 1.82) is 0 Å². The molecule has 0 aliphatic rings. The Balaban J connectivity index is 3.69. The molecule has 0 bridgehead atoms. The summed E-state index contributed by atoms with van der Waals surface area (Å²) in [5, 5.41) is 0. The second-order valence-corrected chi connectivity index (χ2v) is 4.08. The summed E-state index contributed by atoms with van der Waals surface area (Å²) in [6.07, 6.45) is 6.02. The van der Waals surface area contributed by atoms with Crippen molar-refractivity contribution in [2.45, 2.75) is 58.9 Å². The maximum absolute atomic E-state index is 6.11. The van der Waals surface area contributed by atoms with Gasteiger partial charge in [-0.1, -0.05) is 33.6 Å². The molecule has 2 nitrogen and oxygen atoms in total. The van der Waals surface area contributed by atoms with Crippen LogP contribution in [-0.4, -0.2) is 19.3 Å². The van der Waals surface area contributed by atoms with Crippen LogP contribution in [0.25, 0.3) is 0 Å². The molecule has 86 valence electrons. The topological polar surface area (TPSA) is 35.2 Å². The summed E-state index contributed by atoms with van der Waals surface area (Å²) < 4.78 is 5.49. The van der Waals surface area contributed by atoms with Crippen molar-refractivity contribution in [3.63, 3.8) is 0 Å². The minimum atomic E-state index is 0.237. The molecule has 0 spiro atoms. The summed E-state index contributed by atoms with van der Waals surface area (Å²) in [4.78, 5) is 0. The zero-order valence-electron chi connectivity index (χ0n) is 10.1. The van der Waals surface area contributed by atoms with E-state index in [4.69, 9.17) is 10.5 Å². The van der Waals surface area contributed by atoms with Crippen LogP contribution in [-0.2, 0) is 4.74 Å². The molecule has 2 heteroatoms. The third-order valence-corrected chi connectivity index (χ3v) is 2.58. The monoisotopic (exact) mass is 201 g/mol. The van der Waals surface area contributed by atoms with E-state index in [1.807, 2.05) is 0 Å². The minimum Gasteiger partial charge on any atom is -0.380 e.